The molecular weight excluding hydrogens is 318 g/mol. The molecule has 0 unspecified atom stereocenters. The van der Waals surface area contributed by atoms with Gasteiger partial charge in [-0.2, -0.15) is 0 Å². The van der Waals surface area contributed by atoms with Crippen molar-refractivity contribution in [2.24, 2.45) is 0 Å². The van der Waals surface area contributed by atoms with Gasteiger partial charge in [-0.05, 0) is 70.5 Å². The standard InChI is InChI=1S/C19H31N3OS/c1-6-8-9-15-10-12-16(13-11-15)20-18(24)22(7-2)14-17(23)21-19(3,4)5/h10-13H,6-9,14H2,1-5H3,(H,20,24)(H,21,23). The Labute approximate surface area is 152 Å². The van der Waals surface area contributed by atoms with Crippen molar-refractivity contribution in [3.05, 3.63) is 29.8 Å². The van der Waals surface area contributed by atoms with Crippen LogP contribution in [-0.2, 0) is 11.2 Å². The average Bonchev–Trinajstić information content (AvgIpc) is 2.50. The Morgan fingerprint density at radius 1 is 1.17 bits per heavy atom. The van der Waals surface area contributed by atoms with Gasteiger partial charge in [-0.3, -0.25) is 4.79 Å². The average molecular weight is 350 g/mol. The maximum absolute atomic E-state index is 12.1. The van der Waals surface area contributed by atoms with Gasteiger partial charge in [0.15, 0.2) is 5.11 Å². The van der Waals surface area contributed by atoms with E-state index in [2.05, 4.69) is 29.7 Å². The van der Waals surface area contributed by atoms with Crippen molar-refractivity contribution in [2.75, 3.05) is 18.4 Å². The lowest BCUT2D eigenvalue weighted by atomic mass is 10.1. The van der Waals surface area contributed by atoms with Crippen molar-refractivity contribution >= 4 is 28.9 Å². The van der Waals surface area contributed by atoms with Crippen molar-refractivity contribution in [3.63, 3.8) is 0 Å². The lowest BCUT2D eigenvalue weighted by Crippen LogP contribution is -2.48. The molecule has 0 saturated heterocycles. The summed E-state index contributed by atoms with van der Waals surface area (Å²) in [6.45, 7) is 11.0. The van der Waals surface area contributed by atoms with Crippen LogP contribution >= 0.6 is 12.2 Å². The van der Waals surface area contributed by atoms with Crippen LogP contribution in [0.3, 0.4) is 0 Å². The van der Waals surface area contributed by atoms with Crippen LogP contribution in [0.2, 0.25) is 0 Å². The third-order valence-corrected chi connectivity index (χ3v) is 3.90. The molecular formula is C19H31N3OS. The van der Waals surface area contributed by atoms with Crippen molar-refractivity contribution in [1.82, 2.24) is 10.2 Å². The maximum atomic E-state index is 12.1. The molecule has 0 aromatic heterocycles. The second-order valence-corrected chi connectivity index (χ2v) is 7.43. The number of nitrogens with one attached hydrogen (secondary N) is 2. The van der Waals surface area contributed by atoms with E-state index in [-0.39, 0.29) is 18.0 Å². The number of carbonyl (C=O) groups is 1. The summed E-state index contributed by atoms with van der Waals surface area (Å²) in [6.07, 6.45) is 3.51. The number of anilines is 1. The summed E-state index contributed by atoms with van der Waals surface area (Å²) in [5.74, 6) is -0.0246. The number of carbonyl (C=O) groups excluding carboxylic acids is 1. The molecule has 2 N–H and O–H groups in total. The monoisotopic (exact) mass is 349 g/mol. The zero-order valence-corrected chi connectivity index (χ0v) is 16.4. The molecule has 0 spiro atoms. The maximum Gasteiger partial charge on any atom is 0.240 e. The predicted octanol–water partition coefficient (Wildman–Crippen LogP) is 3.96. The first kappa shape index (κ1) is 20.4. The van der Waals surface area contributed by atoms with Crippen LogP contribution < -0.4 is 10.6 Å². The van der Waals surface area contributed by atoms with Gasteiger partial charge < -0.3 is 15.5 Å². The highest BCUT2D eigenvalue weighted by Gasteiger charge is 2.17. The molecule has 24 heavy (non-hydrogen) atoms. The number of hydrogen-bond donors (Lipinski definition) is 2. The number of nitrogens with zero attached hydrogens (tertiary/aromatic N) is 1. The van der Waals surface area contributed by atoms with Gasteiger partial charge in [0.2, 0.25) is 5.91 Å². The molecule has 1 aromatic rings. The van der Waals surface area contributed by atoms with Crippen molar-refractivity contribution in [1.29, 1.82) is 0 Å². The van der Waals surface area contributed by atoms with Crippen LogP contribution in [0.5, 0.6) is 0 Å². The third-order valence-electron chi connectivity index (χ3n) is 3.54. The summed E-state index contributed by atoms with van der Waals surface area (Å²) in [5.41, 5.74) is 2.06. The van der Waals surface area contributed by atoms with Gasteiger partial charge in [-0.1, -0.05) is 25.5 Å². The number of amides is 1. The van der Waals surface area contributed by atoms with Crippen LogP contribution in [0.4, 0.5) is 5.69 Å². The van der Waals surface area contributed by atoms with E-state index in [0.29, 0.717) is 11.7 Å². The molecule has 1 rings (SSSR count). The fourth-order valence-corrected chi connectivity index (χ4v) is 2.61. The third kappa shape index (κ3) is 7.77. The SMILES string of the molecule is CCCCc1ccc(NC(=S)N(CC)CC(=O)NC(C)(C)C)cc1. The second kappa shape index (κ2) is 9.62. The minimum absolute atomic E-state index is 0.0246. The fraction of sp³-hybridized carbons (Fsp3) is 0.579. The van der Waals surface area contributed by atoms with E-state index in [9.17, 15) is 4.79 Å². The Hall–Kier alpha value is -1.62. The van der Waals surface area contributed by atoms with Crippen molar-refractivity contribution in [3.8, 4) is 0 Å². The Kier molecular flexibility index (Phi) is 8.19. The molecule has 5 heteroatoms. The summed E-state index contributed by atoms with van der Waals surface area (Å²) in [4.78, 5) is 14.0. The predicted molar refractivity (Wildman–Crippen MR) is 106 cm³/mol. The zero-order chi connectivity index (χ0) is 18.2. The van der Waals surface area contributed by atoms with Crippen LogP contribution in [0, 0.1) is 0 Å². The molecule has 0 aliphatic heterocycles. The lowest BCUT2D eigenvalue weighted by molar-refractivity contribution is -0.122. The number of rotatable bonds is 7. The number of likely N-dealkylation sites (N-methyl/N-ethyl adjacent to an activating group) is 1. The van der Waals surface area contributed by atoms with Crippen LogP contribution in [0.25, 0.3) is 0 Å². The topological polar surface area (TPSA) is 44.4 Å². The zero-order valence-electron chi connectivity index (χ0n) is 15.6. The second-order valence-electron chi connectivity index (χ2n) is 7.04. The highest BCUT2D eigenvalue weighted by atomic mass is 32.1. The minimum Gasteiger partial charge on any atom is -0.350 e. The Morgan fingerprint density at radius 3 is 2.29 bits per heavy atom. The first-order valence-corrected chi connectivity index (χ1v) is 9.12. The molecule has 0 heterocycles. The van der Waals surface area contributed by atoms with Crippen LogP contribution in [0.1, 0.15) is 53.0 Å². The number of aryl methyl sites for hydroxylation is 1. The highest BCUT2D eigenvalue weighted by Crippen LogP contribution is 2.12. The van der Waals surface area contributed by atoms with Gasteiger partial charge in [-0.15, -0.1) is 0 Å². The number of thiocarbonyl (C=S) groups is 1. The van der Waals surface area contributed by atoms with Gasteiger partial charge in [0.1, 0.15) is 0 Å². The smallest absolute Gasteiger partial charge is 0.240 e. The first-order valence-electron chi connectivity index (χ1n) is 8.71. The number of hydrogen-bond acceptors (Lipinski definition) is 2. The molecule has 1 aromatic carbocycles. The molecule has 134 valence electrons. The largest absolute Gasteiger partial charge is 0.350 e. The summed E-state index contributed by atoms with van der Waals surface area (Å²) < 4.78 is 0. The molecule has 0 saturated carbocycles. The van der Waals surface area contributed by atoms with Crippen LogP contribution in [0.15, 0.2) is 24.3 Å². The molecule has 0 aliphatic rings. The molecule has 0 atom stereocenters. The number of unbranched alkanes of at least 4 members (excludes halogenated alkanes) is 1. The van der Waals surface area contributed by atoms with E-state index >= 15 is 0 Å². The molecule has 0 bridgehead atoms. The number of benzene rings is 1. The molecule has 0 aliphatic carbocycles. The van der Waals surface area contributed by atoms with Crippen molar-refractivity contribution < 1.29 is 4.79 Å². The van der Waals surface area contributed by atoms with Gasteiger partial charge in [0.25, 0.3) is 0 Å². The molecule has 4 nitrogen and oxygen atoms in total. The highest BCUT2D eigenvalue weighted by molar-refractivity contribution is 7.80. The van der Waals surface area contributed by atoms with Gasteiger partial charge in [0, 0.05) is 17.8 Å². The van der Waals surface area contributed by atoms with Gasteiger partial charge >= 0.3 is 0 Å². The van der Waals surface area contributed by atoms with Crippen LogP contribution in [-0.4, -0.2) is 34.5 Å². The van der Waals surface area contributed by atoms with E-state index in [0.717, 1.165) is 12.1 Å². The summed E-state index contributed by atoms with van der Waals surface area (Å²) in [7, 11) is 0. The normalized spacial score (nSPS) is 11.0. The van der Waals surface area contributed by atoms with E-state index in [4.69, 9.17) is 12.2 Å². The molecule has 0 fully saturated rings. The fourth-order valence-electron chi connectivity index (χ4n) is 2.30. The lowest BCUT2D eigenvalue weighted by Gasteiger charge is -2.27. The first-order chi connectivity index (χ1) is 11.2. The molecule has 0 radical (unpaired) electrons. The summed E-state index contributed by atoms with van der Waals surface area (Å²) >= 11 is 5.45. The van der Waals surface area contributed by atoms with E-state index in [1.807, 2.05) is 44.7 Å². The summed E-state index contributed by atoms with van der Waals surface area (Å²) in [5, 5.41) is 6.76. The summed E-state index contributed by atoms with van der Waals surface area (Å²) in [6, 6.07) is 8.34. The van der Waals surface area contributed by atoms with Gasteiger partial charge in [-0.25, -0.2) is 0 Å². The molecule has 1 amide bonds. The Morgan fingerprint density at radius 2 is 1.79 bits per heavy atom. The van der Waals surface area contributed by atoms with Gasteiger partial charge in [0.05, 0.1) is 6.54 Å². The minimum atomic E-state index is -0.236. The van der Waals surface area contributed by atoms with E-state index in [1.165, 1.54) is 18.4 Å². The quantitative estimate of drug-likeness (QED) is 0.731. The Bertz CT molecular complexity index is 535. The van der Waals surface area contributed by atoms with E-state index in [1.54, 1.807) is 0 Å². The van der Waals surface area contributed by atoms with E-state index < -0.39 is 0 Å². The Balaban J connectivity index is 2.59. The van der Waals surface area contributed by atoms with Crippen molar-refractivity contribution in [2.45, 2.75) is 59.4 Å².